The van der Waals surface area contributed by atoms with Crippen LogP contribution in [0.15, 0.2) is 0 Å². The van der Waals surface area contributed by atoms with E-state index in [9.17, 15) is 4.79 Å². The minimum Gasteiger partial charge on any atom is -0.465 e. The van der Waals surface area contributed by atoms with Crippen molar-refractivity contribution in [2.75, 3.05) is 6.61 Å². The van der Waals surface area contributed by atoms with Gasteiger partial charge < -0.3 is 4.74 Å². The zero-order chi connectivity index (χ0) is 18.9. The SMILES string of the molecule is CCCCCCCCCCC1(CCCCCCCCCC)COC(=O)C1. The van der Waals surface area contributed by atoms with Crippen LogP contribution in [0.4, 0.5) is 0 Å². The van der Waals surface area contributed by atoms with E-state index < -0.39 is 0 Å². The van der Waals surface area contributed by atoms with Crippen molar-refractivity contribution in [3.63, 3.8) is 0 Å². The predicted octanol–water partition coefficient (Wildman–Crippen LogP) is 7.98. The molecule has 2 nitrogen and oxygen atoms in total. The molecule has 26 heavy (non-hydrogen) atoms. The Kier molecular flexibility index (Phi) is 14.0. The normalized spacial score (nSPS) is 16.2. The highest BCUT2D eigenvalue weighted by molar-refractivity contribution is 5.72. The summed E-state index contributed by atoms with van der Waals surface area (Å²) >= 11 is 0. The van der Waals surface area contributed by atoms with Crippen LogP contribution in [0.25, 0.3) is 0 Å². The monoisotopic (exact) mass is 366 g/mol. The van der Waals surface area contributed by atoms with E-state index in [1.807, 2.05) is 0 Å². The molecule has 0 aliphatic carbocycles. The lowest BCUT2D eigenvalue weighted by molar-refractivity contribution is -0.137. The van der Waals surface area contributed by atoms with Crippen LogP contribution in [0.3, 0.4) is 0 Å². The van der Waals surface area contributed by atoms with Crippen molar-refractivity contribution in [2.45, 2.75) is 136 Å². The third-order valence-corrected chi connectivity index (χ3v) is 6.18. The van der Waals surface area contributed by atoms with Crippen LogP contribution in [0.5, 0.6) is 0 Å². The fourth-order valence-corrected chi connectivity index (χ4v) is 4.36. The summed E-state index contributed by atoms with van der Waals surface area (Å²) in [6.45, 7) is 5.24. The molecule has 2 heteroatoms. The number of rotatable bonds is 18. The Labute approximate surface area is 163 Å². The maximum atomic E-state index is 11.7. The van der Waals surface area contributed by atoms with Gasteiger partial charge >= 0.3 is 5.97 Å². The van der Waals surface area contributed by atoms with Gasteiger partial charge in [-0.25, -0.2) is 0 Å². The molecule has 0 aromatic heterocycles. The van der Waals surface area contributed by atoms with Gasteiger partial charge in [0.05, 0.1) is 13.0 Å². The van der Waals surface area contributed by atoms with Crippen molar-refractivity contribution in [3.8, 4) is 0 Å². The first-order valence-corrected chi connectivity index (χ1v) is 11.9. The molecule has 1 rings (SSSR count). The van der Waals surface area contributed by atoms with Gasteiger partial charge in [-0.15, -0.1) is 0 Å². The first-order chi connectivity index (χ1) is 12.7. The highest BCUT2D eigenvalue weighted by Gasteiger charge is 2.39. The average Bonchev–Trinajstić information content (AvgIpc) is 3.01. The second-order valence-corrected chi connectivity index (χ2v) is 8.79. The van der Waals surface area contributed by atoms with E-state index in [1.165, 1.54) is 116 Å². The first-order valence-electron chi connectivity index (χ1n) is 11.9. The van der Waals surface area contributed by atoms with Gasteiger partial charge in [0.25, 0.3) is 0 Å². The summed E-state index contributed by atoms with van der Waals surface area (Å²) in [4.78, 5) is 11.7. The molecular formula is C24H46O2. The number of ether oxygens (including phenoxy) is 1. The van der Waals surface area contributed by atoms with Crippen molar-refractivity contribution in [1.82, 2.24) is 0 Å². The predicted molar refractivity (Wildman–Crippen MR) is 112 cm³/mol. The lowest BCUT2D eigenvalue weighted by Gasteiger charge is -2.26. The van der Waals surface area contributed by atoms with Crippen LogP contribution in [-0.2, 0) is 9.53 Å². The van der Waals surface area contributed by atoms with Crippen LogP contribution in [0, 0.1) is 5.41 Å². The third-order valence-electron chi connectivity index (χ3n) is 6.18. The van der Waals surface area contributed by atoms with Crippen molar-refractivity contribution in [1.29, 1.82) is 0 Å². The topological polar surface area (TPSA) is 26.3 Å². The molecule has 0 spiro atoms. The van der Waals surface area contributed by atoms with E-state index in [-0.39, 0.29) is 11.4 Å². The molecular weight excluding hydrogens is 320 g/mol. The molecule has 0 radical (unpaired) electrons. The lowest BCUT2D eigenvalue weighted by Crippen LogP contribution is -2.21. The molecule has 0 unspecified atom stereocenters. The molecule has 0 atom stereocenters. The second kappa shape index (κ2) is 15.5. The van der Waals surface area contributed by atoms with Gasteiger partial charge in [0.15, 0.2) is 0 Å². The molecule has 0 aromatic rings. The number of carbonyl (C=O) groups is 1. The van der Waals surface area contributed by atoms with Gasteiger partial charge in [-0.2, -0.15) is 0 Å². The zero-order valence-corrected chi connectivity index (χ0v) is 18.0. The van der Waals surface area contributed by atoms with Gasteiger partial charge in [0, 0.05) is 5.41 Å². The molecule has 154 valence electrons. The van der Waals surface area contributed by atoms with E-state index in [0.29, 0.717) is 13.0 Å². The highest BCUT2D eigenvalue weighted by atomic mass is 16.5. The average molecular weight is 367 g/mol. The van der Waals surface area contributed by atoms with Gasteiger partial charge in [-0.3, -0.25) is 4.79 Å². The minimum absolute atomic E-state index is 0.0455. The number of cyclic esters (lactones) is 1. The largest absolute Gasteiger partial charge is 0.465 e. The van der Waals surface area contributed by atoms with Crippen LogP contribution in [0.1, 0.15) is 136 Å². The van der Waals surface area contributed by atoms with Crippen LogP contribution in [0.2, 0.25) is 0 Å². The second-order valence-electron chi connectivity index (χ2n) is 8.79. The Balaban J connectivity index is 2.10. The van der Waals surface area contributed by atoms with Crippen molar-refractivity contribution in [3.05, 3.63) is 0 Å². The quantitative estimate of drug-likeness (QED) is 0.181. The van der Waals surface area contributed by atoms with Crippen LogP contribution < -0.4 is 0 Å². The number of unbranched alkanes of at least 4 members (excludes halogenated alkanes) is 14. The number of carbonyl (C=O) groups excluding carboxylic acids is 1. The van der Waals surface area contributed by atoms with E-state index in [0.717, 1.165) is 0 Å². The minimum atomic E-state index is 0.0455. The molecule has 1 fully saturated rings. The van der Waals surface area contributed by atoms with E-state index in [2.05, 4.69) is 13.8 Å². The molecule has 1 aliphatic rings. The maximum absolute atomic E-state index is 11.7. The van der Waals surface area contributed by atoms with Gasteiger partial charge in [-0.1, -0.05) is 117 Å². The summed E-state index contributed by atoms with van der Waals surface area (Å²) in [5.74, 6) is 0.0455. The standard InChI is InChI=1S/C24H46O2/c1-3-5-7-9-11-13-15-17-19-24(21-23(25)26-22-24)20-18-16-14-12-10-8-6-4-2/h3-22H2,1-2H3. The van der Waals surface area contributed by atoms with Crippen molar-refractivity contribution in [2.24, 2.45) is 5.41 Å². The number of esters is 1. The first kappa shape index (κ1) is 23.5. The van der Waals surface area contributed by atoms with E-state index >= 15 is 0 Å². The fraction of sp³-hybridized carbons (Fsp3) is 0.958. The van der Waals surface area contributed by atoms with Gasteiger partial charge in [0.2, 0.25) is 0 Å². The molecule has 1 heterocycles. The van der Waals surface area contributed by atoms with Crippen molar-refractivity contribution >= 4 is 5.97 Å². The Morgan fingerprint density at radius 1 is 0.654 bits per heavy atom. The summed E-state index contributed by atoms with van der Waals surface area (Å²) < 4.78 is 5.37. The molecule has 0 amide bonds. The van der Waals surface area contributed by atoms with E-state index in [1.54, 1.807) is 0 Å². The number of hydrogen-bond acceptors (Lipinski definition) is 2. The third kappa shape index (κ3) is 11.2. The van der Waals surface area contributed by atoms with Gasteiger partial charge in [-0.05, 0) is 12.8 Å². The lowest BCUT2D eigenvalue weighted by atomic mass is 9.77. The summed E-state index contributed by atoms with van der Waals surface area (Å²) in [6, 6.07) is 0. The fourth-order valence-electron chi connectivity index (χ4n) is 4.36. The zero-order valence-electron chi connectivity index (χ0n) is 18.0. The molecule has 0 aromatic carbocycles. The Hall–Kier alpha value is -0.530. The summed E-state index contributed by atoms with van der Waals surface area (Å²) in [7, 11) is 0. The molecule has 1 saturated heterocycles. The highest BCUT2D eigenvalue weighted by Crippen LogP contribution is 2.40. The van der Waals surface area contributed by atoms with Crippen molar-refractivity contribution < 1.29 is 9.53 Å². The Bertz CT molecular complexity index is 317. The van der Waals surface area contributed by atoms with Crippen LogP contribution in [-0.4, -0.2) is 12.6 Å². The molecule has 0 bridgehead atoms. The smallest absolute Gasteiger partial charge is 0.306 e. The summed E-state index contributed by atoms with van der Waals surface area (Å²) in [6.07, 6.45) is 24.9. The summed E-state index contributed by atoms with van der Waals surface area (Å²) in [5, 5.41) is 0. The molecule has 0 saturated carbocycles. The Morgan fingerprint density at radius 2 is 1.04 bits per heavy atom. The van der Waals surface area contributed by atoms with E-state index in [4.69, 9.17) is 4.74 Å². The molecule has 1 aliphatic heterocycles. The maximum Gasteiger partial charge on any atom is 0.306 e. The summed E-state index contributed by atoms with van der Waals surface area (Å²) in [5.41, 5.74) is 0.182. The van der Waals surface area contributed by atoms with Crippen LogP contribution >= 0.6 is 0 Å². The van der Waals surface area contributed by atoms with Gasteiger partial charge in [0.1, 0.15) is 0 Å². The number of hydrogen-bond donors (Lipinski definition) is 0. The Morgan fingerprint density at radius 3 is 1.38 bits per heavy atom. The molecule has 0 N–H and O–H groups in total.